The Kier molecular flexibility index (Phi) is 6.78. The van der Waals surface area contributed by atoms with Gasteiger partial charge in [0.2, 0.25) is 11.8 Å². The normalized spacial score (nSPS) is 10.3. The van der Waals surface area contributed by atoms with Gasteiger partial charge in [-0.15, -0.1) is 0 Å². The van der Waals surface area contributed by atoms with Crippen molar-refractivity contribution >= 4 is 17.5 Å². The molecule has 0 aliphatic rings. The van der Waals surface area contributed by atoms with Gasteiger partial charge in [0.25, 0.3) is 0 Å². The van der Waals surface area contributed by atoms with Crippen LogP contribution in [-0.2, 0) is 16.1 Å². The van der Waals surface area contributed by atoms with Crippen molar-refractivity contribution in [2.75, 3.05) is 25.6 Å². The van der Waals surface area contributed by atoms with Crippen molar-refractivity contribution in [3.63, 3.8) is 0 Å². The standard InChI is InChI=1S/C21H26N2O3/c1-16-10-11-20(26-4)19(14-16)23(17(2)24)13-12-21(25)22(3)15-18-8-6-5-7-9-18/h5-11,14H,12-13,15H2,1-4H3. The number of rotatable bonds is 7. The highest BCUT2D eigenvalue weighted by Gasteiger charge is 2.19. The maximum atomic E-state index is 12.5. The quantitative estimate of drug-likeness (QED) is 0.766. The molecular formula is C21H26N2O3. The molecule has 0 aromatic heterocycles. The van der Waals surface area contributed by atoms with Crippen LogP contribution >= 0.6 is 0 Å². The summed E-state index contributed by atoms with van der Waals surface area (Å²) >= 11 is 0. The fourth-order valence-corrected chi connectivity index (χ4v) is 2.80. The van der Waals surface area contributed by atoms with E-state index >= 15 is 0 Å². The molecule has 2 amide bonds. The van der Waals surface area contributed by atoms with Crippen molar-refractivity contribution in [2.24, 2.45) is 0 Å². The summed E-state index contributed by atoms with van der Waals surface area (Å²) in [6.07, 6.45) is 0.250. The number of nitrogens with zero attached hydrogens (tertiary/aromatic N) is 2. The molecule has 5 nitrogen and oxygen atoms in total. The Labute approximate surface area is 155 Å². The number of aryl methyl sites for hydroxylation is 1. The van der Waals surface area contributed by atoms with Gasteiger partial charge in [-0.1, -0.05) is 36.4 Å². The van der Waals surface area contributed by atoms with Gasteiger partial charge in [-0.2, -0.15) is 0 Å². The minimum absolute atomic E-state index is 0.00766. The van der Waals surface area contributed by atoms with Crippen molar-refractivity contribution in [2.45, 2.75) is 26.8 Å². The monoisotopic (exact) mass is 354 g/mol. The number of hydrogen-bond donors (Lipinski definition) is 0. The zero-order valence-electron chi connectivity index (χ0n) is 15.9. The molecule has 0 radical (unpaired) electrons. The molecule has 0 N–H and O–H groups in total. The molecule has 0 atom stereocenters. The Morgan fingerprint density at radius 3 is 2.38 bits per heavy atom. The van der Waals surface area contributed by atoms with Crippen LogP contribution in [0.1, 0.15) is 24.5 Å². The van der Waals surface area contributed by atoms with E-state index in [1.54, 1.807) is 24.0 Å². The Balaban J connectivity index is 2.05. The number of methoxy groups -OCH3 is 1. The van der Waals surface area contributed by atoms with E-state index in [9.17, 15) is 9.59 Å². The van der Waals surface area contributed by atoms with Gasteiger partial charge in [-0.25, -0.2) is 0 Å². The number of anilines is 1. The SMILES string of the molecule is COc1ccc(C)cc1N(CCC(=O)N(C)Cc1ccccc1)C(C)=O. The van der Waals surface area contributed by atoms with Gasteiger partial charge in [0.05, 0.1) is 12.8 Å². The predicted octanol–water partition coefficient (Wildman–Crippen LogP) is 3.41. The predicted molar refractivity (Wildman–Crippen MR) is 103 cm³/mol. The van der Waals surface area contributed by atoms with E-state index in [1.807, 2.05) is 55.5 Å². The first-order valence-electron chi connectivity index (χ1n) is 8.63. The molecule has 0 saturated heterocycles. The zero-order valence-corrected chi connectivity index (χ0v) is 15.9. The van der Waals surface area contributed by atoms with Crippen LogP contribution in [0.3, 0.4) is 0 Å². The molecule has 5 heteroatoms. The van der Waals surface area contributed by atoms with Gasteiger partial charge in [-0.3, -0.25) is 9.59 Å². The lowest BCUT2D eigenvalue weighted by atomic mass is 10.1. The molecule has 2 aromatic carbocycles. The van der Waals surface area contributed by atoms with Crippen molar-refractivity contribution in [1.82, 2.24) is 4.90 Å². The molecular weight excluding hydrogens is 328 g/mol. The topological polar surface area (TPSA) is 49.9 Å². The number of benzene rings is 2. The largest absolute Gasteiger partial charge is 0.495 e. The van der Waals surface area contributed by atoms with Crippen LogP contribution in [0.2, 0.25) is 0 Å². The average Bonchev–Trinajstić information content (AvgIpc) is 2.62. The minimum atomic E-state index is -0.118. The molecule has 26 heavy (non-hydrogen) atoms. The third-order valence-corrected chi connectivity index (χ3v) is 4.24. The molecule has 0 unspecified atom stereocenters. The van der Waals surface area contributed by atoms with E-state index in [4.69, 9.17) is 4.74 Å². The zero-order chi connectivity index (χ0) is 19.1. The molecule has 2 rings (SSSR count). The lowest BCUT2D eigenvalue weighted by molar-refractivity contribution is -0.130. The molecule has 0 bridgehead atoms. The van der Waals surface area contributed by atoms with E-state index < -0.39 is 0 Å². The van der Waals surface area contributed by atoms with Gasteiger partial charge in [-0.05, 0) is 30.2 Å². The molecule has 0 aliphatic heterocycles. The van der Waals surface area contributed by atoms with Crippen molar-refractivity contribution < 1.29 is 14.3 Å². The highest BCUT2D eigenvalue weighted by atomic mass is 16.5. The van der Waals surface area contributed by atoms with Crippen LogP contribution in [0.15, 0.2) is 48.5 Å². The molecule has 2 aromatic rings. The summed E-state index contributed by atoms with van der Waals surface area (Å²) in [6.45, 7) is 4.32. The number of carbonyl (C=O) groups excluding carboxylic acids is 2. The lowest BCUT2D eigenvalue weighted by Crippen LogP contribution is -2.34. The number of hydrogen-bond acceptors (Lipinski definition) is 3. The Morgan fingerprint density at radius 2 is 1.77 bits per heavy atom. The first kappa shape index (κ1) is 19.5. The fraction of sp³-hybridized carbons (Fsp3) is 0.333. The van der Waals surface area contributed by atoms with E-state index in [0.29, 0.717) is 24.5 Å². The summed E-state index contributed by atoms with van der Waals surface area (Å²) in [6, 6.07) is 15.5. The molecule has 0 heterocycles. The van der Waals surface area contributed by atoms with Crippen LogP contribution < -0.4 is 9.64 Å². The smallest absolute Gasteiger partial charge is 0.224 e. The number of amides is 2. The second kappa shape index (κ2) is 9.04. The minimum Gasteiger partial charge on any atom is -0.495 e. The van der Waals surface area contributed by atoms with Crippen LogP contribution in [0.25, 0.3) is 0 Å². The van der Waals surface area contributed by atoms with Crippen molar-refractivity contribution in [3.8, 4) is 5.75 Å². The fourth-order valence-electron chi connectivity index (χ4n) is 2.80. The Morgan fingerprint density at radius 1 is 1.08 bits per heavy atom. The second-order valence-corrected chi connectivity index (χ2v) is 6.33. The van der Waals surface area contributed by atoms with Crippen LogP contribution in [0, 0.1) is 6.92 Å². The molecule has 138 valence electrons. The highest BCUT2D eigenvalue weighted by Crippen LogP contribution is 2.29. The van der Waals surface area contributed by atoms with E-state index in [0.717, 1.165) is 11.1 Å². The van der Waals surface area contributed by atoms with Gasteiger partial charge in [0, 0.05) is 33.5 Å². The summed E-state index contributed by atoms with van der Waals surface area (Å²) in [5, 5.41) is 0. The summed E-state index contributed by atoms with van der Waals surface area (Å²) < 4.78 is 5.38. The van der Waals surface area contributed by atoms with E-state index in [1.165, 1.54) is 6.92 Å². The van der Waals surface area contributed by atoms with E-state index in [-0.39, 0.29) is 18.2 Å². The summed E-state index contributed by atoms with van der Waals surface area (Å²) in [5.74, 6) is 0.495. The van der Waals surface area contributed by atoms with Gasteiger partial charge < -0.3 is 14.5 Å². The van der Waals surface area contributed by atoms with Gasteiger partial charge in [0.15, 0.2) is 0 Å². The second-order valence-electron chi connectivity index (χ2n) is 6.33. The highest BCUT2D eigenvalue weighted by molar-refractivity contribution is 5.94. The Bertz CT molecular complexity index is 759. The first-order chi connectivity index (χ1) is 12.4. The maximum Gasteiger partial charge on any atom is 0.224 e. The van der Waals surface area contributed by atoms with Crippen LogP contribution in [0.4, 0.5) is 5.69 Å². The Hall–Kier alpha value is -2.82. The maximum absolute atomic E-state index is 12.5. The summed E-state index contributed by atoms with van der Waals surface area (Å²) in [7, 11) is 3.35. The van der Waals surface area contributed by atoms with Gasteiger partial charge >= 0.3 is 0 Å². The third kappa shape index (κ3) is 5.09. The number of carbonyl (C=O) groups is 2. The average molecular weight is 354 g/mol. The molecule has 0 saturated carbocycles. The lowest BCUT2D eigenvalue weighted by Gasteiger charge is -2.25. The van der Waals surface area contributed by atoms with Crippen LogP contribution in [0.5, 0.6) is 5.75 Å². The number of ether oxygens (including phenoxy) is 1. The molecule has 0 aliphatic carbocycles. The molecule has 0 spiro atoms. The van der Waals surface area contributed by atoms with Crippen molar-refractivity contribution in [1.29, 1.82) is 0 Å². The van der Waals surface area contributed by atoms with Crippen LogP contribution in [-0.4, -0.2) is 37.4 Å². The summed E-state index contributed by atoms with van der Waals surface area (Å²) in [4.78, 5) is 27.9. The molecule has 0 fully saturated rings. The van der Waals surface area contributed by atoms with E-state index in [2.05, 4.69) is 0 Å². The van der Waals surface area contributed by atoms with Crippen molar-refractivity contribution in [3.05, 3.63) is 59.7 Å². The van der Waals surface area contributed by atoms with Gasteiger partial charge in [0.1, 0.15) is 5.75 Å². The third-order valence-electron chi connectivity index (χ3n) is 4.24. The summed E-state index contributed by atoms with van der Waals surface area (Å²) in [5.41, 5.74) is 2.80. The first-order valence-corrected chi connectivity index (χ1v) is 8.63.